The molecule has 7 nitrogen and oxygen atoms in total. The summed E-state index contributed by atoms with van der Waals surface area (Å²) in [4.78, 5) is 24.7. The molecule has 8 heteroatoms. The Morgan fingerprint density at radius 3 is 2.50 bits per heavy atom. The van der Waals surface area contributed by atoms with Crippen LogP contribution in [-0.2, 0) is 16.1 Å². The SMILES string of the molecule is Cc1c([C@H](OC(C)(C)C)C(=O)O)c(-c2ccc(Cl)cc2)c2cc(C)n3c2c1N(c1ncc2ccccc2n1)CC3. The molecule has 0 aliphatic carbocycles. The monoisotopic (exact) mass is 554 g/mol. The molecule has 6 rings (SSSR count). The van der Waals surface area contributed by atoms with Gasteiger partial charge in [0.15, 0.2) is 6.10 Å². The van der Waals surface area contributed by atoms with Crippen LogP contribution >= 0.6 is 11.6 Å². The molecule has 204 valence electrons. The molecule has 3 heterocycles. The lowest BCUT2D eigenvalue weighted by molar-refractivity contribution is -0.160. The average molecular weight is 555 g/mol. The van der Waals surface area contributed by atoms with E-state index in [-0.39, 0.29) is 0 Å². The molecule has 0 fully saturated rings. The third-order valence-electron chi connectivity index (χ3n) is 7.45. The number of ether oxygens (including phenoxy) is 1. The molecule has 0 unspecified atom stereocenters. The highest BCUT2D eigenvalue weighted by Crippen LogP contribution is 2.49. The summed E-state index contributed by atoms with van der Waals surface area (Å²) < 4.78 is 8.58. The molecular weight excluding hydrogens is 524 g/mol. The second-order valence-electron chi connectivity index (χ2n) is 11.3. The fourth-order valence-electron chi connectivity index (χ4n) is 5.82. The molecule has 1 atom stereocenters. The van der Waals surface area contributed by atoms with Crippen molar-refractivity contribution in [3.63, 3.8) is 0 Å². The fourth-order valence-corrected chi connectivity index (χ4v) is 5.95. The van der Waals surface area contributed by atoms with E-state index in [1.165, 1.54) is 0 Å². The number of rotatable bonds is 5. The van der Waals surface area contributed by atoms with E-state index in [1.807, 2.05) is 82.4 Å². The Bertz CT molecular complexity index is 1790. The summed E-state index contributed by atoms with van der Waals surface area (Å²) in [6.45, 7) is 11.1. The average Bonchev–Trinajstić information content (AvgIpc) is 3.25. The number of nitrogens with zero attached hydrogens (tertiary/aromatic N) is 4. The molecule has 0 spiro atoms. The van der Waals surface area contributed by atoms with E-state index in [0.29, 0.717) is 23.1 Å². The number of aromatic nitrogens is 3. The lowest BCUT2D eigenvalue weighted by Gasteiger charge is -2.35. The van der Waals surface area contributed by atoms with Crippen molar-refractivity contribution < 1.29 is 14.6 Å². The van der Waals surface area contributed by atoms with Crippen LogP contribution in [0, 0.1) is 13.8 Å². The highest BCUT2D eigenvalue weighted by molar-refractivity contribution is 6.30. The maximum atomic E-state index is 12.9. The Labute approximate surface area is 238 Å². The number of carboxylic acids is 1. The zero-order valence-corrected chi connectivity index (χ0v) is 24.0. The minimum atomic E-state index is -1.20. The number of aliphatic carboxylic acids is 1. The first-order valence-corrected chi connectivity index (χ1v) is 13.7. The summed E-state index contributed by atoms with van der Waals surface area (Å²) in [6, 6.07) is 17.6. The molecule has 2 aromatic heterocycles. The topological polar surface area (TPSA) is 80.5 Å². The minimum absolute atomic E-state index is 0.585. The smallest absolute Gasteiger partial charge is 0.337 e. The first kappa shape index (κ1) is 26.3. The van der Waals surface area contributed by atoms with E-state index in [9.17, 15) is 9.90 Å². The van der Waals surface area contributed by atoms with Crippen LogP contribution in [0.15, 0.2) is 60.8 Å². The van der Waals surface area contributed by atoms with Gasteiger partial charge in [-0.2, -0.15) is 0 Å². The number of hydrogen-bond acceptors (Lipinski definition) is 5. The Kier molecular flexibility index (Phi) is 6.32. The van der Waals surface area contributed by atoms with Crippen LogP contribution in [0.25, 0.3) is 32.9 Å². The van der Waals surface area contributed by atoms with Gasteiger partial charge in [0.1, 0.15) is 0 Å². The number of anilines is 2. The number of hydrogen-bond donors (Lipinski definition) is 1. The number of carbonyl (C=O) groups is 1. The molecular formula is C32H31ClN4O3. The van der Waals surface area contributed by atoms with Crippen LogP contribution in [0.1, 0.15) is 43.7 Å². The van der Waals surface area contributed by atoms with Gasteiger partial charge in [0.25, 0.3) is 0 Å². The molecule has 0 saturated carbocycles. The van der Waals surface area contributed by atoms with Gasteiger partial charge in [0, 0.05) is 46.3 Å². The predicted molar refractivity (Wildman–Crippen MR) is 160 cm³/mol. The first-order valence-electron chi connectivity index (χ1n) is 13.4. The van der Waals surface area contributed by atoms with Gasteiger partial charge >= 0.3 is 5.97 Å². The molecule has 40 heavy (non-hydrogen) atoms. The van der Waals surface area contributed by atoms with Crippen LogP contribution in [0.4, 0.5) is 11.6 Å². The van der Waals surface area contributed by atoms with Crippen molar-refractivity contribution in [2.24, 2.45) is 0 Å². The molecule has 1 aliphatic rings. The number of benzene rings is 3. The largest absolute Gasteiger partial charge is 0.479 e. The van der Waals surface area contributed by atoms with Gasteiger partial charge in [-0.3, -0.25) is 0 Å². The van der Waals surface area contributed by atoms with Crippen molar-refractivity contribution in [1.82, 2.24) is 14.5 Å². The number of carboxylic acid groups (broad SMARTS) is 1. The van der Waals surface area contributed by atoms with Crippen molar-refractivity contribution in [3.05, 3.63) is 82.6 Å². The van der Waals surface area contributed by atoms with Crippen molar-refractivity contribution in [1.29, 1.82) is 0 Å². The molecule has 0 amide bonds. The number of halogens is 1. The highest BCUT2D eigenvalue weighted by Gasteiger charge is 2.36. The van der Waals surface area contributed by atoms with E-state index in [4.69, 9.17) is 26.3 Å². The molecule has 0 radical (unpaired) electrons. The lowest BCUT2D eigenvalue weighted by Crippen LogP contribution is -2.32. The number of fused-ring (bicyclic) bond motifs is 1. The summed E-state index contributed by atoms with van der Waals surface area (Å²) in [6.07, 6.45) is 0.644. The van der Waals surface area contributed by atoms with Gasteiger partial charge in [-0.05, 0) is 75.6 Å². The molecule has 0 bridgehead atoms. The van der Waals surface area contributed by atoms with Gasteiger partial charge in [0.2, 0.25) is 5.95 Å². The summed E-state index contributed by atoms with van der Waals surface area (Å²) in [7, 11) is 0. The summed E-state index contributed by atoms with van der Waals surface area (Å²) >= 11 is 6.26. The van der Waals surface area contributed by atoms with Crippen molar-refractivity contribution >= 4 is 51.0 Å². The Hall–Kier alpha value is -3.94. The number of para-hydroxylation sites is 1. The Morgan fingerprint density at radius 2 is 1.80 bits per heavy atom. The molecule has 1 aliphatic heterocycles. The van der Waals surface area contributed by atoms with Crippen molar-refractivity contribution in [3.8, 4) is 11.1 Å². The second-order valence-corrected chi connectivity index (χ2v) is 11.7. The third-order valence-corrected chi connectivity index (χ3v) is 7.70. The highest BCUT2D eigenvalue weighted by atomic mass is 35.5. The molecule has 1 N–H and O–H groups in total. The van der Waals surface area contributed by atoms with E-state index in [0.717, 1.165) is 56.4 Å². The van der Waals surface area contributed by atoms with E-state index < -0.39 is 17.7 Å². The standard InChI is InChI=1S/C32H31ClN4O3/c1-18-16-23-26(20-10-12-22(33)13-11-20)25(29(30(38)39)40-32(3,4)5)19(2)27-28(23)36(18)14-15-37(27)31-34-17-21-8-6-7-9-24(21)35-31/h6-13,16-17,29H,14-15H2,1-5H3,(H,38,39)/t29-/m0/s1. The van der Waals surface area contributed by atoms with Crippen molar-refractivity contribution in [2.75, 3.05) is 11.4 Å². The predicted octanol–water partition coefficient (Wildman–Crippen LogP) is 7.61. The van der Waals surface area contributed by atoms with Crippen LogP contribution in [0.5, 0.6) is 0 Å². The van der Waals surface area contributed by atoms with E-state index >= 15 is 0 Å². The van der Waals surface area contributed by atoms with Crippen LogP contribution in [-0.4, -0.2) is 37.8 Å². The van der Waals surface area contributed by atoms with Crippen LogP contribution < -0.4 is 4.90 Å². The fraction of sp³-hybridized carbons (Fsp3) is 0.281. The van der Waals surface area contributed by atoms with Gasteiger partial charge in [-0.1, -0.05) is 41.9 Å². The summed E-state index contributed by atoms with van der Waals surface area (Å²) in [5.41, 5.74) is 6.38. The molecule has 5 aromatic rings. The van der Waals surface area contributed by atoms with Gasteiger partial charge in [0.05, 0.1) is 22.3 Å². The molecule has 3 aromatic carbocycles. The number of aryl methyl sites for hydroxylation is 1. The van der Waals surface area contributed by atoms with Crippen molar-refractivity contribution in [2.45, 2.75) is 52.9 Å². The Morgan fingerprint density at radius 1 is 1.07 bits per heavy atom. The van der Waals surface area contributed by atoms with Crippen LogP contribution in [0.2, 0.25) is 5.02 Å². The maximum absolute atomic E-state index is 12.9. The van der Waals surface area contributed by atoms with Gasteiger partial charge in [-0.25, -0.2) is 14.8 Å². The zero-order valence-electron chi connectivity index (χ0n) is 23.2. The quantitative estimate of drug-likeness (QED) is 0.241. The normalized spacial score (nSPS) is 14.2. The van der Waals surface area contributed by atoms with E-state index in [1.54, 1.807) is 0 Å². The molecule has 0 saturated heterocycles. The lowest BCUT2D eigenvalue weighted by atomic mass is 9.87. The maximum Gasteiger partial charge on any atom is 0.337 e. The summed E-state index contributed by atoms with van der Waals surface area (Å²) in [5.74, 6) is -0.456. The van der Waals surface area contributed by atoms with Gasteiger partial charge < -0.3 is 19.3 Å². The second kappa shape index (κ2) is 9.61. The zero-order chi connectivity index (χ0) is 28.3. The van der Waals surface area contributed by atoms with Gasteiger partial charge in [-0.15, -0.1) is 0 Å². The minimum Gasteiger partial charge on any atom is -0.479 e. The summed E-state index contributed by atoms with van der Waals surface area (Å²) in [5, 5.41) is 13.1. The Balaban J connectivity index is 1.70. The van der Waals surface area contributed by atoms with Crippen LogP contribution in [0.3, 0.4) is 0 Å². The third kappa shape index (κ3) is 4.39. The van der Waals surface area contributed by atoms with E-state index in [2.05, 4.69) is 22.5 Å². The first-order chi connectivity index (χ1) is 19.0.